The lowest BCUT2D eigenvalue weighted by molar-refractivity contribution is -0.141. The maximum atomic E-state index is 13.2. The molecule has 0 spiro atoms. The molecule has 1 aliphatic rings. The van der Waals surface area contributed by atoms with Crippen LogP contribution in [0.4, 0.5) is 24.5 Å². The highest BCUT2D eigenvalue weighted by molar-refractivity contribution is 6.07. The fourth-order valence-electron chi connectivity index (χ4n) is 3.80. The van der Waals surface area contributed by atoms with Crippen molar-refractivity contribution in [2.45, 2.75) is 32.9 Å². The van der Waals surface area contributed by atoms with Crippen molar-refractivity contribution in [1.82, 2.24) is 9.97 Å². The smallest absolute Gasteiger partial charge is 0.356 e. The molecule has 0 saturated heterocycles. The molecule has 0 radical (unpaired) electrons. The fourth-order valence-corrected chi connectivity index (χ4v) is 3.80. The van der Waals surface area contributed by atoms with Crippen LogP contribution in [0, 0.1) is 5.41 Å². The molecule has 2 heterocycles. The first kappa shape index (κ1) is 19.2. The van der Waals surface area contributed by atoms with E-state index in [4.69, 9.17) is 0 Å². The highest BCUT2D eigenvalue weighted by Gasteiger charge is 2.37. The van der Waals surface area contributed by atoms with E-state index in [1.165, 1.54) is 6.07 Å². The number of pyridine rings is 1. The van der Waals surface area contributed by atoms with Gasteiger partial charge in [-0.1, -0.05) is 32.0 Å². The van der Waals surface area contributed by atoms with Gasteiger partial charge in [-0.3, -0.25) is 9.78 Å². The normalized spacial score (nSPS) is 15.8. The van der Waals surface area contributed by atoms with Gasteiger partial charge < -0.3 is 10.3 Å². The summed E-state index contributed by atoms with van der Waals surface area (Å²) >= 11 is 0. The molecule has 1 aliphatic carbocycles. The number of hydrogen-bond acceptors (Lipinski definition) is 3. The minimum Gasteiger partial charge on any atom is -0.356 e. The van der Waals surface area contributed by atoms with Crippen LogP contribution in [0.1, 0.15) is 42.0 Å². The lowest BCUT2D eigenvalue weighted by Crippen LogP contribution is -2.26. The van der Waals surface area contributed by atoms with E-state index in [-0.39, 0.29) is 11.2 Å². The van der Waals surface area contributed by atoms with E-state index >= 15 is 0 Å². The van der Waals surface area contributed by atoms with E-state index in [0.717, 1.165) is 23.6 Å². The number of para-hydroxylation sites is 1. The molecule has 2 N–H and O–H groups in total. The number of benzene rings is 1. The molecule has 0 unspecified atom stereocenters. The molecule has 4 nitrogen and oxygen atoms in total. The second kappa shape index (κ2) is 6.76. The molecule has 0 amide bonds. The van der Waals surface area contributed by atoms with Gasteiger partial charge in [0.2, 0.25) is 0 Å². The molecule has 2 aromatic heterocycles. The van der Waals surface area contributed by atoms with E-state index < -0.39 is 11.9 Å². The van der Waals surface area contributed by atoms with Gasteiger partial charge in [0.25, 0.3) is 0 Å². The zero-order chi connectivity index (χ0) is 20.8. The Kier molecular flexibility index (Phi) is 4.48. The van der Waals surface area contributed by atoms with Gasteiger partial charge in [-0.25, -0.2) is 0 Å². The number of nitrogens with one attached hydrogen (secondary N) is 2. The molecule has 0 fully saturated rings. The average Bonchev–Trinajstić information content (AvgIpc) is 2.99. The zero-order valence-corrected chi connectivity index (χ0v) is 16.0. The van der Waals surface area contributed by atoms with Crippen molar-refractivity contribution in [2.75, 3.05) is 5.32 Å². The van der Waals surface area contributed by atoms with E-state index in [1.807, 2.05) is 44.2 Å². The predicted octanol–water partition coefficient (Wildman–Crippen LogP) is 5.99. The molecule has 7 heteroatoms. The van der Waals surface area contributed by atoms with Crippen molar-refractivity contribution in [3.05, 3.63) is 65.6 Å². The number of ketones is 1. The van der Waals surface area contributed by atoms with Gasteiger partial charge in [0.1, 0.15) is 5.69 Å². The van der Waals surface area contributed by atoms with E-state index in [2.05, 4.69) is 15.3 Å². The van der Waals surface area contributed by atoms with Crippen LogP contribution in [0.5, 0.6) is 0 Å². The molecule has 0 saturated carbocycles. The van der Waals surface area contributed by atoms with Gasteiger partial charge in [0.15, 0.2) is 5.78 Å². The molecule has 29 heavy (non-hydrogen) atoms. The molecular weight excluding hydrogens is 379 g/mol. The number of alkyl halides is 3. The Hall–Kier alpha value is -3.09. The Morgan fingerprint density at radius 3 is 2.52 bits per heavy atom. The van der Waals surface area contributed by atoms with Crippen LogP contribution < -0.4 is 5.32 Å². The number of fused-ring (bicyclic) bond motifs is 1. The van der Waals surface area contributed by atoms with Crippen molar-refractivity contribution in [3.63, 3.8) is 0 Å². The van der Waals surface area contributed by atoms with Crippen molar-refractivity contribution in [3.8, 4) is 11.3 Å². The predicted molar refractivity (Wildman–Crippen MR) is 105 cm³/mol. The van der Waals surface area contributed by atoms with E-state index in [9.17, 15) is 18.0 Å². The van der Waals surface area contributed by atoms with Gasteiger partial charge in [-0.15, -0.1) is 0 Å². The minimum atomic E-state index is -4.55. The van der Waals surface area contributed by atoms with Gasteiger partial charge >= 0.3 is 6.18 Å². The van der Waals surface area contributed by atoms with Crippen molar-refractivity contribution in [2.24, 2.45) is 5.41 Å². The summed E-state index contributed by atoms with van der Waals surface area (Å²) in [5.41, 5.74) is 2.11. The standard InChI is InChI=1S/C22H20F3N3O/c1-21(2)11-15-18(16(29)12-21)20(27-14-6-4-3-5-7-14)19(28-15)13-8-9-26-17(10-13)22(23,24)25/h3-10,27-28H,11-12H2,1-2H3. The molecule has 4 rings (SSSR count). The summed E-state index contributed by atoms with van der Waals surface area (Å²) < 4.78 is 39.5. The monoisotopic (exact) mass is 399 g/mol. The van der Waals surface area contributed by atoms with Gasteiger partial charge in [-0.05, 0) is 36.1 Å². The van der Waals surface area contributed by atoms with Crippen LogP contribution in [0.2, 0.25) is 0 Å². The number of aromatic amines is 1. The Balaban J connectivity index is 1.89. The van der Waals surface area contributed by atoms with Crippen LogP contribution in [-0.2, 0) is 12.6 Å². The third kappa shape index (κ3) is 3.77. The SMILES string of the molecule is CC1(C)CC(=O)c2c([nH]c(-c3ccnc(C(F)(F)F)c3)c2Nc2ccccc2)C1. The summed E-state index contributed by atoms with van der Waals surface area (Å²) in [6, 6.07) is 11.8. The first-order chi connectivity index (χ1) is 13.6. The first-order valence-electron chi connectivity index (χ1n) is 9.28. The summed E-state index contributed by atoms with van der Waals surface area (Å²) in [4.78, 5) is 19.6. The van der Waals surface area contributed by atoms with Gasteiger partial charge in [-0.2, -0.15) is 13.2 Å². The highest BCUT2D eigenvalue weighted by Crippen LogP contribution is 2.43. The second-order valence-corrected chi connectivity index (χ2v) is 8.09. The number of halogens is 3. The number of H-pyrrole nitrogens is 1. The number of carbonyl (C=O) groups is 1. The molecule has 0 atom stereocenters. The van der Waals surface area contributed by atoms with Gasteiger partial charge in [0.05, 0.1) is 16.9 Å². The molecule has 150 valence electrons. The van der Waals surface area contributed by atoms with Crippen molar-refractivity contribution in [1.29, 1.82) is 0 Å². The van der Waals surface area contributed by atoms with E-state index in [0.29, 0.717) is 35.3 Å². The maximum Gasteiger partial charge on any atom is 0.433 e. The quantitative estimate of drug-likeness (QED) is 0.568. The van der Waals surface area contributed by atoms with Crippen molar-refractivity contribution >= 4 is 17.2 Å². The van der Waals surface area contributed by atoms with Crippen LogP contribution in [0.15, 0.2) is 48.7 Å². The number of Topliss-reactive ketones (excluding diaryl/α,β-unsaturated/α-hetero) is 1. The van der Waals surface area contributed by atoms with Crippen LogP contribution in [0.3, 0.4) is 0 Å². The number of anilines is 2. The van der Waals surface area contributed by atoms with Crippen LogP contribution >= 0.6 is 0 Å². The Morgan fingerprint density at radius 1 is 1.10 bits per heavy atom. The number of carbonyl (C=O) groups excluding carboxylic acids is 1. The molecule has 1 aromatic carbocycles. The Morgan fingerprint density at radius 2 is 1.83 bits per heavy atom. The molecule has 3 aromatic rings. The average molecular weight is 399 g/mol. The largest absolute Gasteiger partial charge is 0.433 e. The summed E-state index contributed by atoms with van der Waals surface area (Å²) in [7, 11) is 0. The Labute approximate surface area is 166 Å². The summed E-state index contributed by atoms with van der Waals surface area (Å²) in [6.45, 7) is 4.01. The molecule has 0 bridgehead atoms. The summed E-state index contributed by atoms with van der Waals surface area (Å²) in [6.07, 6.45) is -2.40. The number of hydrogen-bond donors (Lipinski definition) is 2. The number of nitrogens with zero attached hydrogens (tertiary/aromatic N) is 1. The number of rotatable bonds is 3. The lowest BCUT2D eigenvalue weighted by Gasteiger charge is -2.28. The third-order valence-corrected chi connectivity index (χ3v) is 5.03. The summed E-state index contributed by atoms with van der Waals surface area (Å²) in [5, 5.41) is 3.24. The van der Waals surface area contributed by atoms with Crippen LogP contribution in [-0.4, -0.2) is 15.8 Å². The zero-order valence-electron chi connectivity index (χ0n) is 16.0. The second-order valence-electron chi connectivity index (χ2n) is 8.09. The summed E-state index contributed by atoms with van der Waals surface area (Å²) in [5.74, 6) is -0.0257. The van der Waals surface area contributed by atoms with E-state index in [1.54, 1.807) is 0 Å². The topological polar surface area (TPSA) is 57.8 Å². The third-order valence-electron chi connectivity index (χ3n) is 5.03. The minimum absolute atomic E-state index is 0.0257. The first-order valence-corrected chi connectivity index (χ1v) is 9.28. The highest BCUT2D eigenvalue weighted by atomic mass is 19.4. The fraction of sp³-hybridized carbons (Fsp3) is 0.273. The Bertz CT molecular complexity index is 1070. The molecule has 0 aliphatic heterocycles. The molecular formula is C22H20F3N3O. The van der Waals surface area contributed by atoms with Crippen LogP contribution in [0.25, 0.3) is 11.3 Å². The van der Waals surface area contributed by atoms with Crippen molar-refractivity contribution < 1.29 is 18.0 Å². The number of aromatic nitrogens is 2. The maximum absolute atomic E-state index is 13.2. The van der Waals surface area contributed by atoms with Gasteiger partial charge in [0, 0.05) is 29.6 Å². The lowest BCUT2D eigenvalue weighted by atomic mass is 9.76.